The van der Waals surface area contributed by atoms with Gasteiger partial charge in [-0.25, -0.2) is 0 Å². The number of nitrogens with zero attached hydrogens (tertiary/aromatic N) is 3. The first-order valence-electron chi connectivity index (χ1n) is 5.21. The largest absolute Gasteiger partial charge is 0.352 e. The number of azide groups is 1. The van der Waals surface area contributed by atoms with Crippen molar-refractivity contribution in [2.24, 2.45) is 5.11 Å². The van der Waals surface area contributed by atoms with Gasteiger partial charge in [-0.15, -0.1) is 0 Å². The Labute approximate surface area is 108 Å². The second kappa shape index (κ2) is 6.93. The van der Waals surface area contributed by atoms with E-state index in [1.807, 2.05) is 19.1 Å². The van der Waals surface area contributed by atoms with E-state index < -0.39 is 0 Å². The number of hydrogen-bond donors (Lipinski definition) is 1. The van der Waals surface area contributed by atoms with Crippen molar-refractivity contribution < 1.29 is 4.79 Å². The molecule has 17 heavy (non-hydrogen) atoms. The summed E-state index contributed by atoms with van der Waals surface area (Å²) in [6.45, 7) is 2.83. The molecule has 1 aromatic carbocycles. The van der Waals surface area contributed by atoms with E-state index in [0.717, 1.165) is 10.0 Å². The lowest BCUT2D eigenvalue weighted by atomic mass is 10.1. The number of nitrogens with one attached hydrogen (secondary N) is 1. The van der Waals surface area contributed by atoms with Gasteiger partial charge in [0.1, 0.15) is 0 Å². The first-order chi connectivity index (χ1) is 8.16. The van der Waals surface area contributed by atoms with Gasteiger partial charge in [0.15, 0.2) is 0 Å². The van der Waals surface area contributed by atoms with Crippen molar-refractivity contribution in [3.05, 3.63) is 44.2 Å². The molecule has 0 unspecified atom stereocenters. The number of benzene rings is 1. The average molecular weight is 297 g/mol. The minimum absolute atomic E-state index is 0.124. The molecule has 0 atom stereocenters. The fourth-order valence-corrected chi connectivity index (χ4v) is 1.76. The summed E-state index contributed by atoms with van der Waals surface area (Å²) in [4.78, 5) is 14.4. The van der Waals surface area contributed by atoms with Gasteiger partial charge in [-0.1, -0.05) is 17.2 Å². The topological polar surface area (TPSA) is 77.9 Å². The number of carbonyl (C=O) groups is 1. The molecular formula is C11H13BrN4O. The standard InChI is InChI=1S/C11H13BrN4O/c1-8-4-2-5-9(10(8)12)11(17)14-6-3-7-15-16-13/h2,4-5H,3,6-7H2,1H3,(H,14,17). The number of aryl methyl sites for hydroxylation is 1. The summed E-state index contributed by atoms with van der Waals surface area (Å²) in [7, 11) is 0. The van der Waals surface area contributed by atoms with Gasteiger partial charge in [0.2, 0.25) is 0 Å². The third-order valence-corrected chi connectivity index (χ3v) is 3.27. The van der Waals surface area contributed by atoms with Gasteiger partial charge in [0, 0.05) is 22.5 Å². The van der Waals surface area contributed by atoms with Gasteiger partial charge in [0.25, 0.3) is 5.91 Å². The zero-order valence-electron chi connectivity index (χ0n) is 9.48. The summed E-state index contributed by atoms with van der Waals surface area (Å²) in [5.41, 5.74) is 9.72. The van der Waals surface area contributed by atoms with E-state index in [4.69, 9.17) is 5.53 Å². The minimum atomic E-state index is -0.124. The molecule has 1 aromatic rings. The van der Waals surface area contributed by atoms with E-state index in [0.29, 0.717) is 25.1 Å². The van der Waals surface area contributed by atoms with Crippen LogP contribution in [0.2, 0.25) is 0 Å². The Bertz CT molecular complexity index is 455. The third kappa shape index (κ3) is 4.09. The van der Waals surface area contributed by atoms with Crippen LogP contribution in [-0.4, -0.2) is 19.0 Å². The van der Waals surface area contributed by atoms with Crippen LogP contribution in [0.4, 0.5) is 0 Å². The molecule has 1 amide bonds. The summed E-state index contributed by atoms with van der Waals surface area (Å²) >= 11 is 3.39. The quantitative estimate of drug-likeness (QED) is 0.385. The molecule has 0 aliphatic carbocycles. The first-order valence-corrected chi connectivity index (χ1v) is 6.00. The molecule has 0 bridgehead atoms. The molecule has 0 aliphatic rings. The van der Waals surface area contributed by atoms with Crippen molar-refractivity contribution in [2.75, 3.05) is 13.1 Å². The fourth-order valence-electron chi connectivity index (χ4n) is 1.31. The van der Waals surface area contributed by atoms with Gasteiger partial charge < -0.3 is 5.32 Å². The summed E-state index contributed by atoms with van der Waals surface area (Å²) in [6.07, 6.45) is 0.638. The Morgan fingerprint density at radius 1 is 1.59 bits per heavy atom. The van der Waals surface area contributed by atoms with Crippen LogP contribution in [0.1, 0.15) is 22.3 Å². The Balaban J connectivity index is 2.52. The van der Waals surface area contributed by atoms with Crippen LogP contribution < -0.4 is 5.32 Å². The van der Waals surface area contributed by atoms with Crippen LogP contribution in [0.5, 0.6) is 0 Å². The maximum atomic E-state index is 11.8. The molecule has 0 aliphatic heterocycles. The highest BCUT2D eigenvalue weighted by Gasteiger charge is 2.09. The summed E-state index contributed by atoms with van der Waals surface area (Å²) in [5, 5.41) is 6.17. The SMILES string of the molecule is Cc1cccc(C(=O)NCCCN=[N+]=[N-])c1Br. The van der Waals surface area contributed by atoms with Crippen molar-refractivity contribution in [2.45, 2.75) is 13.3 Å². The van der Waals surface area contributed by atoms with Gasteiger partial charge in [0.05, 0.1) is 5.56 Å². The van der Waals surface area contributed by atoms with Crippen LogP contribution in [0.15, 0.2) is 27.8 Å². The normalized spacial score (nSPS) is 9.53. The lowest BCUT2D eigenvalue weighted by Crippen LogP contribution is -2.25. The monoisotopic (exact) mass is 296 g/mol. The van der Waals surface area contributed by atoms with Gasteiger partial charge in [-0.2, -0.15) is 0 Å². The highest BCUT2D eigenvalue weighted by atomic mass is 79.9. The Morgan fingerprint density at radius 3 is 3.06 bits per heavy atom. The lowest BCUT2D eigenvalue weighted by Gasteiger charge is -2.07. The summed E-state index contributed by atoms with van der Waals surface area (Å²) in [6, 6.07) is 5.54. The summed E-state index contributed by atoms with van der Waals surface area (Å²) < 4.78 is 0.813. The zero-order chi connectivity index (χ0) is 12.7. The van der Waals surface area contributed by atoms with Crippen molar-refractivity contribution >= 4 is 21.8 Å². The molecule has 6 heteroatoms. The van der Waals surface area contributed by atoms with E-state index >= 15 is 0 Å². The number of rotatable bonds is 5. The predicted octanol–water partition coefficient (Wildman–Crippen LogP) is 3.19. The molecule has 90 valence electrons. The maximum Gasteiger partial charge on any atom is 0.252 e. The number of hydrogen-bond acceptors (Lipinski definition) is 2. The fraction of sp³-hybridized carbons (Fsp3) is 0.364. The highest BCUT2D eigenvalue weighted by molar-refractivity contribution is 9.10. The number of carbonyl (C=O) groups excluding carboxylic acids is 1. The minimum Gasteiger partial charge on any atom is -0.352 e. The molecule has 0 aromatic heterocycles. The third-order valence-electron chi connectivity index (χ3n) is 2.22. The molecular weight excluding hydrogens is 284 g/mol. The van der Waals surface area contributed by atoms with Crippen molar-refractivity contribution in [3.8, 4) is 0 Å². The van der Waals surface area contributed by atoms with Gasteiger partial charge in [-0.05, 0) is 46.4 Å². The van der Waals surface area contributed by atoms with E-state index in [9.17, 15) is 4.79 Å². The molecule has 0 spiro atoms. The van der Waals surface area contributed by atoms with Gasteiger partial charge in [-0.3, -0.25) is 4.79 Å². The highest BCUT2D eigenvalue weighted by Crippen LogP contribution is 2.20. The molecule has 0 heterocycles. The van der Waals surface area contributed by atoms with Crippen LogP contribution in [0.25, 0.3) is 10.4 Å². The Kier molecular flexibility index (Phi) is 5.52. The first kappa shape index (κ1) is 13.5. The smallest absolute Gasteiger partial charge is 0.252 e. The molecule has 0 radical (unpaired) electrons. The number of amides is 1. The lowest BCUT2D eigenvalue weighted by molar-refractivity contribution is 0.0952. The zero-order valence-corrected chi connectivity index (χ0v) is 11.1. The molecule has 0 fully saturated rings. The van der Waals surface area contributed by atoms with Crippen LogP contribution in [-0.2, 0) is 0 Å². The van der Waals surface area contributed by atoms with Crippen molar-refractivity contribution in [3.63, 3.8) is 0 Å². The van der Waals surface area contributed by atoms with E-state index in [1.54, 1.807) is 6.07 Å². The van der Waals surface area contributed by atoms with E-state index in [-0.39, 0.29) is 5.91 Å². The van der Waals surface area contributed by atoms with Gasteiger partial charge >= 0.3 is 0 Å². The summed E-state index contributed by atoms with van der Waals surface area (Å²) in [5.74, 6) is -0.124. The molecule has 0 saturated heterocycles. The van der Waals surface area contributed by atoms with Crippen LogP contribution in [0.3, 0.4) is 0 Å². The maximum absolute atomic E-state index is 11.8. The van der Waals surface area contributed by atoms with E-state index in [1.165, 1.54) is 0 Å². The predicted molar refractivity (Wildman–Crippen MR) is 69.8 cm³/mol. The average Bonchev–Trinajstić information content (AvgIpc) is 2.32. The second-order valence-corrected chi connectivity index (χ2v) is 4.29. The molecule has 1 rings (SSSR count). The molecule has 5 nitrogen and oxygen atoms in total. The molecule has 0 saturated carbocycles. The van der Waals surface area contributed by atoms with Crippen LogP contribution in [0, 0.1) is 6.92 Å². The molecule has 1 N–H and O–H groups in total. The van der Waals surface area contributed by atoms with E-state index in [2.05, 4.69) is 31.3 Å². The second-order valence-electron chi connectivity index (χ2n) is 3.50. The van der Waals surface area contributed by atoms with Crippen LogP contribution >= 0.6 is 15.9 Å². The Hall–Kier alpha value is -1.52. The van der Waals surface area contributed by atoms with Crippen molar-refractivity contribution in [1.82, 2.24) is 5.32 Å². The Morgan fingerprint density at radius 2 is 2.35 bits per heavy atom. The van der Waals surface area contributed by atoms with Crippen molar-refractivity contribution in [1.29, 1.82) is 0 Å². The number of halogens is 1.